The topological polar surface area (TPSA) is 72.2 Å². The molecule has 0 heterocycles. The van der Waals surface area contributed by atoms with Crippen LogP contribution in [0.15, 0.2) is 48.5 Å². The quantitative estimate of drug-likeness (QED) is 0.794. The molecule has 0 aliphatic carbocycles. The molecule has 0 atom stereocenters. The van der Waals surface area contributed by atoms with Crippen molar-refractivity contribution in [2.75, 3.05) is 12.8 Å². The second-order valence-corrected chi connectivity index (χ2v) is 7.30. The van der Waals surface area contributed by atoms with Crippen LogP contribution in [0, 0.1) is 0 Å². The lowest BCUT2D eigenvalue weighted by Gasteiger charge is -2.09. The van der Waals surface area contributed by atoms with Crippen molar-refractivity contribution in [3.8, 4) is 11.1 Å². The van der Waals surface area contributed by atoms with Crippen molar-refractivity contribution in [3.05, 3.63) is 59.7 Å². The van der Waals surface area contributed by atoms with Gasteiger partial charge in [-0.2, -0.15) is 0 Å². The first kappa shape index (κ1) is 16.6. The summed E-state index contributed by atoms with van der Waals surface area (Å²) in [5, 5.41) is 0. The molecule has 0 saturated carbocycles. The average Bonchev–Trinajstić information content (AvgIpc) is 2.46. The van der Waals surface area contributed by atoms with E-state index in [1.54, 1.807) is 0 Å². The Balaban J connectivity index is 2.14. The van der Waals surface area contributed by atoms with E-state index in [2.05, 4.69) is 4.72 Å². The van der Waals surface area contributed by atoms with Gasteiger partial charge >= 0.3 is 0 Å². The minimum absolute atomic E-state index is 0.372. The molecule has 0 aliphatic rings. The van der Waals surface area contributed by atoms with E-state index < -0.39 is 10.0 Å². The van der Waals surface area contributed by atoms with Crippen LogP contribution in [0.1, 0.15) is 11.1 Å². The number of benzene rings is 2. The van der Waals surface area contributed by atoms with Gasteiger partial charge in [0.1, 0.15) is 4.99 Å². The predicted molar refractivity (Wildman–Crippen MR) is 94.3 cm³/mol. The van der Waals surface area contributed by atoms with Crippen LogP contribution in [0.25, 0.3) is 11.1 Å². The van der Waals surface area contributed by atoms with Crippen LogP contribution in [-0.2, 0) is 16.4 Å². The molecule has 0 aliphatic heterocycles. The summed E-state index contributed by atoms with van der Waals surface area (Å²) in [5.74, 6) is 0. The van der Waals surface area contributed by atoms with Crippen molar-refractivity contribution in [2.24, 2.45) is 5.73 Å². The van der Waals surface area contributed by atoms with E-state index in [0.717, 1.165) is 28.5 Å². The van der Waals surface area contributed by atoms with E-state index in [4.69, 9.17) is 18.0 Å². The lowest BCUT2D eigenvalue weighted by atomic mass is 9.98. The third kappa shape index (κ3) is 4.62. The molecule has 0 bridgehead atoms. The van der Waals surface area contributed by atoms with Gasteiger partial charge in [-0.15, -0.1) is 0 Å². The predicted octanol–water partition coefficient (Wildman–Crippen LogP) is 2.08. The van der Waals surface area contributed by atoms with Gasteiger partial charge in [-0.05, 0) is 23.1 Å². The summed E-state index contributed by atoms with van der Waals surface area (Å²) in [6.07, 6.45) is 1.80. The first-order valence-electron chi connectivity index (χ1n) is 6.79. The van der Waals surface area contributed by atoms with Gasteiger partial charge in [-0.25, -0.2) is 13.1 Å². The Labute approximate surface area is 136 Å². The zero-order valence-electron chi connectivity index (χ0n) is 12.2. The molecule has 0 unspecified atom stereocenters. The van der Waals surface area contributed by atoms with E-state index in [1.165, 1.54) is 0 Å². The van der Waals surface area contributed by atoms with E-state index in [9.17, 15) is 8.42 Å². The van der Waals surface area contributed by atoms with Gasteiger partial charge in [0.2, 0.25) is 10.0 Å². The van der Waals surface area contributed by atoms with Crippen molar-refractivity contribution in [1.29, 1.82) is 0 Å². The van der Waals surface area contributed by atoms with Gasteiger partial charge in [0.25, 0.3) is 0 Å². The molecule has 0 radical (unpaired) electrons. The summed E-state index contributed by atoms with van der Waals surface area (Å²) >= 11 is 5.08. The Morgan fingerprint density at radius 2 is 1.77 bits per heavy atom. The number of hydrogen-bond acceptors (Lipinski definition) is 3. The van der Waals surface area contributed by atoms with Crippen LogP contribution in [0.5, 0.6) is 0 Å². The number of hydrogen-bond donors (Lipinski definition) is 2. The highest BCUT2D eigenvalue weighted by atomic mass is 32.2. The number of nitrogens with one attached hydrogen (secondary N) is 1. The Hall–Kier alpha value is -1.76. The number of rotatable bonds is 6. The zero-order valence-corrected chi connectivity index (χ0v) is 13.9. The van der Waals surface area contributed by atoms with Crippen LogP contribution < -0.4 is 10.5 Å². The molecule has 2 aromatic rings. The van der Waals surface area contributed by atoms with E-state index in [1.807, 2.05) is 48.5 Å². The van der Waals surface area contributed by atoms with Crippen LogP contribution in [0.3, 0.4) is 0 Å². The summed E-state index contributed by atoms with van der Waals surface area (Å²) in [6, 6.07) is 15.7. The maximum Gasteiger partial charge on any atom is 0.208 e. The Morgan fingerprint density at radius 1 is 1.14 bits per heavy atom. The molecule has 116 valence electrons. The molecule has 2 aromatic carbocycles. The lowest BCUT2D eigenvalue weighted by Crippen LogP contribution is -2.24. The molecule has 0 aromatic heterocycles. The Kier molecular flexibility index (Phi) is 5.28. The van der Waals surface area contributed by atoms with Crippen LogP contribution >= 0.6 is 12.2 Å². The van der Waals surface area contributed by atoms with Gasteiger partial charge in [-0.3, -0.25) is 0 Å². The summed E-state index contributed by atoms with van der Waals surface area (Å²) < 4.78 is 24.5. The van der Waals surface area contributed by atoms with Crippen molar-refractivity contribution in [2.45, 2.75) is 6.42 Å². The number of sulfonamides is 1. The van der Waals surface area contributed by atoms with Crippen molar-refractivity contribution in [3.63, 3.8) is 0 Å². The van der Waals surface area contributed by atoms with Crippen molar-refractivity contribution >= 4 is 27.2 Å². The van der Waals surface area contributed by atoms with Gasteiger partial charge < -0.3 is 5.73 Å². The molecule has 0 amide bonds. The summed E-state index contributed by atoms with van der Waals surface area (Å²) in [5.41, 5.74) is 9.70. The molecule has 22 heavy (non-hydrogen) atoms. The van der Waals surface area contributed by atoms with E-state index >= 15 is 0 Å². The maximum absolute atomic E-state index is 11.0. The summed E-state index contributed by atoms with van der Waals surface area (Å²) in [6.45, 7) is 0.391. The molecular weight excluding hydrogens is 316 g/mol. The fourth-order valence-electron chi connectivity index (χ4n) is 2.18. The summed E-state index contributed by atoms with van der Waals surface area (Å²) in [4.78, 5) is 0.372. The van der Waals surface area contributed by atoms with Gasteiger partial charge in [0.15, 0.2) is 0 Å². The lowest BCUT2D eigenvalue weighted by molar-refractivity contribution is 0.588. The molecule has 0 spiro atoms. The maximum atomic E-state index is 11.0. The molecule has 4 nitrogen and oxygen atoms in total. The minimum atomic E-state index is -3.14. The van der Waals surface area contributed by atoms with E-state index in [-0.39, 0.29) is 0 Å². The molecule has 0 fully saturated rings. The largest absolute Gasteiger partial charge is 0.389 e. The second-order valence-electron chi connectivity index (χ2n) is 5.02. The SMILES string of the molecule is CS(=O)(=O)NCCc1ccc(-c2ccccc2C(N)=S)cc1. The van der Waals surface area contributed by atoms with Crippen molar-refractivity contribution in [1.82, 2.24) is 4.72 Å². The monoisotopic (exact) mass is 334 g/mol. The third-order valence-electron chi connectivity index (χ3n) is 3.24. The highest BCUT2D eigenvalue weighted by Crippen LogP contribution is 2.24. The number of thiocarbonyl (C=S) groups is 1. The average molecular weight is 334 g/mol. The normalized spacial score (nSPS) is 11.3. The zero-order chi connectivity index (χ0) is 16.2. The van der Waals surface area contributed by atoms with Crippen molar-refractivity contribution < 1.29 is 8.42 Å². The number of nitrogens with two attached hydrogens (primary N) is 1. The smallest absolute Gasteiger partial charge is 0.208 e. The van der Waals surface area contributed by atoms with Crippen LogP contribution in [-0.4, -0.2) is 26.2 Å². The Bertz CT molecular complexity index is 769. The molecule has 0 saturated heterocycles. The second kappa shape index (κ2) is 7.00. The first-order chi connectivity index (χ1) is 10.4. The Morgan fingerprint density at radius 3 is 2.36 bits per heavy atom. The van der Waals surface area contributed by atoms with Crippen LogP contribution in [0.4, 0.5) is 0 Å². The standard InChI is InChI=1S/C16H18N2O2S2/c1-22(19,20)18-11-10-12-6-8-13(9-7-12)14-4-2-3-5-15(14)16(17)21/h2-9,18H,10-11H2,1H3,(H2,17,21). The highest BCUT2D eigenvalue weighted by Gasteiger charge is 2.07. The first-order valence-corrected chi connectivity index (χ1v) is 9.09. The van der Waals surface area contributed by atoms with Gasteiger partial charge in [0.05, 0.1) is 6.26 Å². The fraction of sp³-hybridized carbons (Fsp3) is 0.188. The summed E-state index contributed by atoms with van der Waals surface area (Å²) in [7, 11) is -3.14. The highest BCUT2D eigenvalue weighted by molar-refractivity contribution is 7.88. The van der Waals surface area contributed by atoms with Gasteiger partial charge in [0, 0.05) is 12.1 Å². The fourth-order valence-corrected chi connectivity index (χ4v) is 2.83. The molecule has 6 heteroatoms. The minimum Gasteiger partial charge on any atom is -0.389 e. The van der Waals surface area contributed by atoms with Crippen LogP contribution in [0.2, 0.25) is 0 Å². The van der Waals surface area contributed by atoms with E-state index in [0.29, 0.717) is 18.0 Å². The third-order valence-corrected chi connectivity index (χ3v) is 4.18. The molecule has 2 rings (SSSR count). The molecular formula is C16H18N2O2S2. The van der Waals surface area contributed by atoms with Gasteiger partial charge in [-0.1, -0.05) is 60.7 Å². The molecule has 3 N–H and O–H groups in total.